The number of rotatable bonds is 3. The number of amides is 1. The molecule has 0 saturated carbocycles. The molecule has 0 spiro atoms. The lowest BCUT2D eigenvalue weighted by Gasteiger charge is -2.10. The third-order valence-corrected chi connectivity index (χ3v) is 3.31. The second-order valence-electron chi connectivity index (χ2n) is 4.91. The number of benzene rings is 1. The van der Waals surface area contributed by atoms with Gasteiger partial charge in [0.2, 0.25) is 0 Å². The Kier molecular flexibility index (Phi) is 3.06. The van der Waals surface area contributed by atoms with E-state index in [0.29, 0.717) is 5.69 Å². The molecule has 0 bridgehead atoms. The SMILES string of the molecule is Cc1ccc(C(C)NC(=O)c2cc3ccccc3[nH]2)o1. The highest BCUT2D eigenvalue weighted by Gasteiger charge is 2.15. The molecular weight excluding hydrogens is 252 g/mol. The summed E-state index contributed by atoms with van der Waals surface area (Å²) in [5, 5.41) is 3.95. The lowest BCUT2D eigenvalue weighted by Crippen LogP contribution is -2.26. The number of nitrogens with one attached hydrogen (secondary N) is 2. The largest absolute Gasteiger partial charge is 0.464 e. The molecule has 0 aliphatic carbocycles. The maximum absolute atomic E-state index is 12.2. The van der Waals surface area contributed by atoms with Crippen molar-refractivity contribution in [1.82, 2.24) is 10.3 Å². The van der Waals surface area contributed by atoms with Gasteiger partial charge in [-0.15, -0.1) is 0 Å². The fourth-order valence-corrected chi connectivity index (χ4v) is 2.23. The predicted molar refractivity (Wildman–Crippen MR) is 77.6 cm³/mol. The van der Waals surface area contributed by atoms with Gasteiger partial charge in [0, 0.05) is 10.9 Å². The second kappa shape index (κ2) is 4.89. The van der Waals surface area contributed by atoms with Crippen molar-refractivity contribution in [3.63, 3.8) is 0 Å². The number of hydrogen-bond acceptors (Lipinski definition) is 2. The van der Waals surface area contributed by atoms with Crippen LogP contribution in [0.1, 0.15) is 35.0 Å². The average molecular weight is 268 g/mol. The summed E-state index contributed by atoms with van der Waals surface area (Å²) in [6.45, 7) is 3.79. The molecule has 20 heavy (non-hydrogen) atoms. The van der Waals surface area contributed by atoms with Gasteiger partial charge in [-0.2, -0.15) is 0 Å². The molecule has 0 aliphatic heterocycles. The van der Waals surface area contributed by atoms with Crippen LogP contribution in [-0.2, 0) is 0 Å². The number of aromatic nitrogens is 1. The van der Waals surface area contributed by atoms with E-state index in [4.69, 9.17) is 4.42 Å². The van der Waals surface area contributed by atoms with Crippen molar-refractivity contribution in [2.45, 2.75) is 19.9 Å². The van der Waals surface area contributed by atoms with E-state index in [1.807, 2.05) is 56.3 Å². The molecule has 4 nitrogen and oxygen atoms in total. The quantitative estimate of drug-likeness (QED) is 0.763. The van der Waals surface area contributed by atoms with Crippen LogP contribution in [0.4, 0.5) is 0 Å². The number of para-hydroxylation sites is 1. The number of carbonyl (C=O) groups excluding carboxylic acids is 1. The Balaban J connectivity index is 1.78. The monoisotopic (exact) mass is 268 g/mol. The van der Waals surface area contributed by atoms with E-state index in [1.54, 1.807) is 0 Å². The number of fused-ring (bicyclic) bond motifs is 1. The number of aromatic amines is 1. The highest BCUT2D eigenvalue weighted by Crippen LogP contribution is 2.18. The summed E-state index contributed by atoms with van der Waals surface area (Å²) >= 11 is 0. The predicted octanol–water partition coefficient (Wildman–Crippen LogP) is 3.56. The molecule has 1 amide bonds. The summed E-state index contributed by atoms with van der Waals surface area (Å²) in [5.41, 5.74) is 1.51. The third kappa shape index (κ3) is 2.32. The van der Waals surface area contributed by atoms with Crippen molar-refractivity contribution >= 4 is 16.8 Å². The van der Waals surface area contributed by atoms with Gasteiger partial charge < -0.3 is 14.7 Å². The first-order valence-electron chi connectivity index (χ1n) is 6.58. The van der Waals surface area contributed by atoms with E-state index in [0.717, 1.165) is 22.4 Å². The van der Waals surface area contributed by atoms with Crippen LogP contribution >= 0.6 is 0 Å². The summed E-state index contributed by atoms with van der Waals surface area (Å²) in [7, 11) is 0. The molecule has 0 radical (unpaired) electrons. The van der Waals surface area contributed by atoms with Crippen LogP contribution in [0.25, 0.3) is 10.9 Å². The average Bonchev–Trinajstić information content (AvgIpc) is 3.04. The molecule has 0 fully saturated rings. The topological polar surface area (TPSA) is 58.0 Å². The first kappa shape index (κ1) is 12.5. The molecular formula is C16H16N2O2. The third-order valence-electron chi connectivity index (χ3n) is 3.31. The first-order chi connectivity index (χ1) is 9.63. The smallest absolute Gasteiger partial charge is 0.268 e. The van der Waals surface area contributed by atoms with Crippen molar-refractivity contribution < 1.29 is 9.21 Å². The zero-order valence-electron chi connectivity index (χ0n) is 11.4. The fourth-order valence-electron chi connectivity index (χ4n) is 2.23. The fraction of sp³-hybridized carbons (Fsp3) is 0.188. The highest BCUT2D eigenvalue weighted by atomic mass is 16.3. The Morgan fingerprint density at radius 2 is 2.05 bits per heavy atom. The summed E-state index contributed by atoms with van der Waals surface area (Å²) in [5.74, 6) is 1.46. The molecule has 2 N–H and O–H groups in total. The highest BCUT2D eigenvalue weighted by molar-refractivity contribution is 5.98. The number of H-pyrrole nitrogens is 1. The molecule has 3 rings (SSSR count). The van der Waals surface area contributed by atoms with Crippen LogP contribution in [0, 0.1) is 6.92 Å². The molecule has 0 aliphatic rings. The van der Waals surface area contributed by atoms with Crippen LogP contribution < -0.4 is 5.32 Å². The summed E-state index contributed by atoms with van der Waals surface area (Å²) < 4.78 is 5.52. The normalized spacial score (nSPS) is 12.5. The minimum atomic E-state index is -0.164. The maximum atomic E-state index is 12.2. The lowest BCUT2D eigenvalue weighted by molar-refractivity contribution is 0.0931. The lowest BCUT2D eigenvalue weighted by atomic mass is 10.2. The van der Waals surface area contributed by atoms with E-state index in [9.17, 15) is 4.79 Å². The minimum absolute atomic E-state index is 0.136. The summed E-state index contributed by atoms with van der Waals surface area (Å²) in [4.78, 5) is 15.3. The standard InChI is InChI=1S/C16H16N2O2/c1-10-7-8-15(20-10)11(2)17-16(19)14-9-12-5-3-4-6-13(12)18-14/h3-9,11,18H,1-2H3,(H,17,19). The van der Waals surface area contributed by atoms with Crippen molar-refractivity contribution in [2.75, 3.05) is 0 Å². The molecule has 4 heteroatoms. The number of carbonyl (C=O) groups is 1. The molecule has 3 aromatic rings. The van der Waals surface area contributed by atoms with Gasteiger partial charge in [-0.25, -0.2) is 0 Å². The van der Waals surface area contributed by atoms with E-state index in [1.165, 1.54) is 0 Å². The van der Waals surface area contributed by atoms with E-state index in [2.05, 4.69) is 10.3 Å². The Labute approximate surface area is 116 Å². The van der Waals surface area contributed by atoms with Gasteiger partial charge >= 0.3 is 0 Å². The number of aryl methyl sites for hydroxylation is 1. The van der Waals surface area contributed by atoms with Crippen LogP contribution in [-0.4, -0.2) is 10.9 Å². The van der Waals surface area contributed by atoms with E-state index in [-0.39, 0.29) is 11.9 Å². The van der Waals surface area contributed by atoms with Crippen LogP contribution in [0.2, 0.25) is 0 Å². The Bertz CT molecular complexity index is 722. The van der Waals surface area contributed by atoms with Gasteiger partial charge in [-0.3, -0.25) is 4.79 Å². The molecule has 1 aromatic carbocycles. The zero-order chi connectivity index (χ0) is 14.1. The summed E-state index contributed by atoms with van der Waals surface area (Å²) in [6.07, 6.45) is 0. The van der Waals surface area contributed by atoms with Gasteiger partial charge in [0.1, 0.15) is 17.2 Å². The van der Waals surface area contributed by atoms with Crippen LogP contribution in [0.5, 0.6) is 0 Å². The second-order valence-corrected chi connectivity index (χ2v) is 4.91. The van der Waals surface area contributed by atoms with Crippen molar-refractivity contribution in [3.05, 3.63) is 59.7 Å². The Hall–Kier alpha value is -2.49. The molecule has 2 aromatic heterocycles. The van der Waals surface area contributed by atoms with Gasteiger partial charge in [0.25, 0.3) is 5.91 Å². The summed E-state index contributed by atoms with van der Waals surface area (Å²) in [6, 6.07) is 13.3. The van der Waals surface area contributed by atoms with E-state index < -0.39 is 0 Å². The van der Waals surface area contributed by atoms with Crippen molar-refractivity contribution in [2.24, 2.45) is 0 Å². The Morgan fingerprint density at radius 3 is 2.75 bits per heavy atom. The first-order valence-corrected chi connectivity index (χ1v) is 6.58. The van der Waals surface area contributed by atoms with Gasteiger partial charge in [0.05, 0.1) is 6.04 Å². The van der Waals surface area contributed by atoms with Crippen molar-refractivity contribution in [3.8, 4) is 0 Å². The minimum Gasteiger partial charge on any atom is -0.464 e. The van der Waals surface area contributed by atoms with Crippen LogP contribution in [0.3, 0.4) is 0 Å². The number of hydrogen-bond donors (Lipinski definition) is 2. The van der Waals surface area contributed by atoms with Crippen molar-refractivity contribution in [1.29, 1.82) is 0 Å². The molecule has 0 saturated heterocycles. The van der Waals surface area contributed by atoms with E-state index >= 15 is 0 Å². The van der Waals surface area contributed by atoms with Gasteiger partial charge in [-0.1, -0.05) is 18.2 Å². The molecule has 102 valence electrons. The zero-order valence-corrected chi connectivity index (χ0v) is 11.4. The molecule has 1 unspecified atom stereocenters. The van der Waals surface area contributed by atoms with Gasteiger partial charge in [0.15, 0.2) is 0 Å². The molecule has 2 heterocycles. The maximum Gasteiger partial charge on any atom is 0.268 e. The molecule has 1 atom stereocenters. The van der Waals surface area contributed by atoms with Crippen LogP contribution in [0.15, 0.2) is 46.9 Å². The Morgan fingerprint density at radius 1 is 1.25 bits per heavy atom. The van der Waals surface area contributed by atoms with Gasteiger partial charge in [-0.05, 0) is 38.1 Å². The number of furan rings is 1.